The summed E-state index contributed by atoms with van der Waals surface area (Å²) < 4.78 is 0. The molecule has 2 N–H and O–H groups in total. The van der Waals surface area contributed by atoms with E-state index in [0.29, 0.717) is 15.7 Å². The fraction of sp³-hybridized carbons (Fsp3) is 0.444. The Labute approximate surface area is 160 Å². The lowest BCUT2D eigenvalue weighted by molar-refractivity contribution is -0.113. The minimum absolute atomic E-state index is 0.133. The van der Waals surface area contributed by atoms with Gasteiger partial charge in [0, 0.05) is 16.6 Å². The van der Waals surface area contributed by atoms with Crippen LogP contribution in [0.5, 0.6) is 0 Å². The fourth-order valence-electron chi connectivity index (χ4n) is 2.95. The molecule has 6 nitrogen and oxygen atoms in total. The van der Waals surface area contributed by atoms with E-state index in [1.54, 1.807) is 0 Å². The number of hydrogen-bond acceptors (Lipinski definition) is 6. The summed E-state index contributed by atoms with van der Waals surface area (Å²) in [7, 11) is 0. The first kappa shape index (κ1) is 18.7. The Morgan fingerprint density at radius 2 is 2.35 bits per heavy atom. The van der Waals surface area contributed by atoms with Gasteiger partial charge in [-0.25, -0.2) is 4.98 Å². The summed E-state index contributed by atoms with van der Waals surface area (Å²) in [5, 5.41) is 13.3. The molecule has 2 aromatic rings. The first-order valence-electron chi connectivity index (χ1n) is 8.68. The van der Waals surface area contributed by atoms with E-state index >= 15 is 0 Å². The van der Waals surface area contributed by atoms with Crippen molar-refractivity contribution in [3.8, 4) is 6.07 Å². The molecule has 2 aromatic heterocycles. The Morgan fingerprint density at radius 3 is 3.12 bits per heavy atom. The van der Waals surface area contributed by atoms with Gasteiger partial charge in [0.25, 0.3) is 5.56 Å². The van der Waals surface area contributed by atoms with Gasteiger partial charge >= 0.3 is 0 Å². The molecular formula is C18H20N4O2S2. The average molecular weight is 389 g/mol. The molecule has 8 heteroatoms. The second-order valence-corrected chi connectivity index (χ2v) is 8.22. The van der Waals surface area contributed by atoms with Crippen LogP contribution >= 0.6 is 23.1 Å². The van der Waals surface area contributed by atoms with Gasteiger partial charge in [-0.2, -0.15) is 5.26 Å². The van der Waals surface area contributed by atoms with Gasteiger partial charge in [-0.1, -0.05) is 25.1 Å². The van der Waals surface area contributed by atoms with Crippen LogP contribution in [0.3, 0.4) is 0 Å². The molecule has 0 saturated heterocycles. The van der Waals surface area contributed by atoms with E-state index in [0.717, 1.165) is 49.8 Å². The predicted octanol–water partition coefficient (Wildman–Crippen LogP) is 3.27. The summed E-state index contributed by atoms with van der Waals surface area (Å²) in [4.78, 5) is 32.3. The molecule has 0 radical (unpaired) electrons. The number of fused-ring (bicyclic) bond motifs is 1. The molecule has 0 bridgehead atoms. The summed E-state index contributed by atoms with van der Waals surface area (Å²) >= 11 is 2.70. The molecule has 0 aliphatic heterocycles. The van der Waals surface area contributed by atoms with Crippen LogP contribution in [0, 0.1) is 11.3 Å². The summed E-state index contributed by atoms with van der Waals surface area (Å²) in [6.07, 6.45) is 5.73. The molecule has 0 saturated carbocycles. The molecule has 26 heavy (non-hydrogen) atoms. The molecule has 0 spiro atoms. The van der Waals surface area contributed by atoms with E-state index in [1.807, 2.05) is 0 Å². The van der Waals surface area contributed by atoms with Crippen LogP contribution in [-0.2, 0) is 24.1 Å². The van der Waals surface area contributed by atoms with Crippen LogP contribution in [0.4, 0.5) is 5.00 Å². The van der Waals surface area contributed by atoms with Crippen LogP contribution in [0.15, 0.2) is 16.0 Å². The van der Waals surface area contributed by atoms with E-state index in [9.17, 15) is 14.9 Å². The van der Waals surface area contributed by atoms with Crippen molar-refractivity contribution in [1.82, 2.24) is 9.97 Å². The Morgan fingerprint density at radius 1 is 1.50 bits per heavy atom. The topological polar surface area (TPSA) is 98.6 Å². The number of carbonyl (C=O) groups is 1. The highest BCUT2D eigenvalue weighted by molar-refractivity contribution is 7.99. The molecule has 2 heterocycles. The van der Waals surface area contributed by atoms with Gasteiger partial charge in [0.1, 0.15) is 11.1 Å². The minimum atomic E-state index is -0.201. The largest absolute Gasteiger partial charge is 0.316 e. The average Bonchev–Trinajstić information content (AvgIpc) is 3.18. The highest BCUT2D eigenvalue weighted by atomic mass is 32.2. The van der Waals surface area contributed by atoms with Crippen LogP contribution in [0.2, 0.25) is 0 Å². The molecule has 1 aliphatic rings. The molecule has 0 aromatic carbocycles. The molecule has 0 fully saturated rings. The van der Waals surface area contributed by atoms with E-state index in [1.165, 1.54) is 34.0 Å². The van der Waals surface area contributed by atoms with Crippen molar-refractivity contribution in [2.45, 2.75) is 50.6 Å². The van der Waals surface area contributed by atoms with Gasteiger partial charge in [0.2, 0.25) is 5.91 Å². The van der Waals surface area contributed by atoms with Crippen LogP contribution in [-0.4, -0.2) is 21.6 Å². The maximum absolute atomic E-state index is 12.3. The van der Waals surface area contributed by atoms with Crippen LogP contribution in [0.1, 0.15) is 47.9 Å². The molecule has 0 unspecified atom stereocenters. The quantitative estimate of drug-likeness (QED) is 0.560. The standard InChI is InChI=1S/C18H20N4O2S2/c1-2-3-5-11-8-15(23)22-18(20-11)25-10-16(24)21-17-13(9-19)12-6-4-7-14(12)26-17/h8H,2-7,10H2,1H3,(H,21,24)(H,20,22,23). The zero-order valence-electron chi connectivity index (χ0n) is 14.6. The molecule has 0 atom stereocenters. The predicted molar refractivity (Wildman–Crippen MR) is 104 cm³/mol. The van der Waals surface area contributed by atoms with Crippen molar-refractivity contribution in [2.24, 2.45) is 0 Å². The number of aromatic nitrogens is 2. The number of nitriles is 1. The number of carbonyl (C=O) groups excluding carboxylic acids is 1. The Kier molecular flexibility index (Phi) is 6.12. The van der Waals surface area contributed by atoms with Gasteiger partial charge in [0.05, 0.1) is 11.3 Å². The summed E-state index contributed by atoms with van der Waals surface area (Å²) in [6, 6.07) is 3.72. The monoisotopic (exact) mass is 388 g/mol. The van der Waals surface area contributed by atoms with Crippen molar-refractivity contribution >= 4 is 34.0 Å². The van der Waals surface area contributed by atoms with Crippen molar-refractivity contribution in [3.63, 3.8) is 0 Å². The summed E-state index contributed by atoms with van der Waals surface area (Å²) in [5.41, 5.74) is 2.25. The fourth-order valence-corrected chi connectivity index (χ4v) is 4.90. The van der Waals surface area contributed by atoms with Crippen molar-refractivity contribution in [3.05, 3.63) is 38.1 Å². The second-order valence-electron chi connectivity index (χ2n) is 6.16. The number of H-pyrrole nitrogens is 1. The lowest BCUT2D eigenvalue weighted by Gasteiger charge is -2.05. The molecule has 136 valence electrons. The van der Waals surface area contributed by atoms with Crippen molar-refractivity contribution in [2.75, 3.05) is 11.1 Å². The SMILES string of the molecule is CCCCc1cc(=O)[nH]c(SCC(=O)Nc2sc3c(c2C#N)CCC3)n1. The normalized spacial score (nSPS) is 12.6. The summed E-state index contributed by atoms with van der Waals surface area (Å²) in [5.74, 6) is -0.0683. The molecular weight excluding hydrogens is 368 g/mol. The lowest BCUT2D eigenvalue weighted by Crippen LogP contribution is -2.16. The first-order chi connectivity index (χ1) is 12.6. The zero-order valence-corrected chi connectivity index (χ0v) is 16.2. The maximum atomic E-state index is 12.3. The smallest absolute Gasteiger partial charge is 0.251 e. The Balaban J connectivity index is 1.62. The van der Waals surface area contributed by atoms with Crippen LogP contribution < -0.4 is 10.9 Å². The Hall–Kier alpha value is -2.11. The van der Waals surface area contributed by atoms with Gasteiger partial charge in [-0.05, 0) is 37.7 Å². The van der Waals surface area contributed by atoms with E-state index in [4.69, 9.17) is 0 Å². The highest BCUT2D eigenvalue weighted by Crippen LogP contribution is 2.38. The van der Waals surface area contributed by atoms with E-state index in [2.05, 4.69) is 28.3 Å². The summed E-state index contributed by atoms with van der Waals surface area (Å²) in [6.45, 7) is 2.09. The highest BCUT2D eigenvalue weighted by Gasteiger charge is 2.23. The van der Waals surface area contributed by atoms with Gasteiger partial charge in [0.15, 0.2) is 5.16 Å². The number of amides is 1. The number of aromatic amines is 1. The Bertz CT molecular complexity index is 911. The molecule has 3 rings (SSSR count). The molecule has 1 aliphatic carbocycles. The number of aryl methyl sites for hydroxylation is 2. The van der Waals surface area contributed by atoms with Crippen molar-refractivity contribution in [1.29, 1.82) is 5.26 Å². The third kappa shape index (κ3) is 4.34. The number of unbranched alkanes of at least 4 members (excludes halogenated alkanes) is 1. The van der Waals surface area contributed by atoms with E-state index in [-0.39, 0.29) is 17.2 Å². The number of nitrogens with zero attached hydrogens (tertiary/aromatic N) is 2. The number of nitrogens with one attached hydrogen (secondary N) is 2. The minimum Gasteiger partial charge on any atom is -0.316 e. The molecule has 1 amide bonds. The first-order valence-corrected chi connectivity index (χ1v) is 10.5. The third-order valence-electron chi connectivity index (χ3n) is 4.19. The number of rotatable bonds is 7. The zero-order chi connectivity index (χ0) is 18.5. The maximum Gasteiger partial charge on any atom is 0.251 e. The van der Waals surface area contributed by atoms with E-state index < -0.39 is 0 Å². The number of hydrogen-bond donors (Lipinski definition) is 2. The van der Waals surface area contributed by atoms with Gasteiger partial charge in [-0.15, -0.1) is 11.3 Å². The third-order valence-corrected chi connectivity index (χ3v) is 6.27. The van der Waals surface area contributed by atoms with Gasteiger partial charge < -0.3 is 10.3 Å². The van der Waals surface area contributed by atoms with Crippen molar-refractivity contribution < 1.29 is 4.79 Å². The van der Waals surface area contributed by atoms with Crippen LogP contribution in [0.25, 0.3) is 0 Å². The lowest BCUT2D eigenvalue weighted by atomic mass is 10.1. The van der Waals surface area contributed by atoms with Gasteiger partial charge in [-0.3, -0.25) is 9.59 Å². The second kappa shape index (κ2) is 8.52. The number of anilines is 1. The number of thiophene rings is 1. The number of thioether (sulfide) groups is 1.